The molecule has 2 rings (SSSR count). The number of anilines is 1. The van der Waals surface area contributed by atoms with E-state index in [-0.39, 0.29) is 5.91 Å². The molecule has 70 valence electrons. The number of H-pyrrole nitrogens is 1. The number of hydrogen-bond donors (Lipinski definition) is 3. The molecule has 1 saturated carbocycles. The first-order chi connectivity index (χ1) is 6.21. The van der Waals surface area contributed by atoms with Gasteiger partial charge in [0, 0.05) is 6.20 Å². The van der Waals surface area contributed by atoms with E-state index in [1.807, 2.05) is 0 Å². The highest BCUT2D eigenvalue weighted by Gasteiger charge is 2.40. The summed E-state index contributed by atoms with van der Waals surface area (Å²) in [6.45, 7) is 0. The van der Waals surface area contributed by atoms with Crippen LogP contribution < -0.4 is 11.1 Å². The molecule has 1 heterocycles. The number of aromatic amines is 1. The summed E-state index contributed by atoms with van der Waals surface area (Å²) in [6.07, 6.45) is 5.77. The van der Waals surface area contributed by atoms with E-state index < -0.39 is 5.54 Å². The smallest absolute Gasteiger partial charge is 0.244 e. The van der Waals surface area contributed by atoms with Crippen molar-refractivity contribution in [3.05, 3.63) is 12.4 Å². The minimum Gasteiger partial charge on any atom is -0.322 e. The zero-order valence-corrected chi connectivity index (χ0v) is 7.21. The van der Waals surface area contributed by atoms with Gasteiger partial charge < -0.3 is 11.1 Å². The van der Waals surface area contributed by atoms with Crippen LogP contribution in [0.2, 0.25) is 0 Å². The minimum absolute atomic E-state index is 0.111. The Hall–Kier alpha value is -1.36. The fourth-order valence-electron chi connectivity index (χ4n) is 1.36. The van der Waals surface area contributed by atoms with E-state index in [0.29, 0.717) is 5.69 Å². The maximum Gasteiger partial charge on any atom is 0.244 e. The van der Waals surface area contributed by atoms with Crippen molar-refractivity contribution in [2.75, 3.05) is 5.32 Å². The van der Waals surface area contributed by atoms with E-state index in [0.717, 1.165) is 19.3 Å². The lowest BCUT2D eigenvalue weighted by atomic mass is 9.77. The molecule has 0 unspecified atom stereocenters. The normalized spacial score (nSPS) is 19.2. The van der Waals surface area contributed by atoms with Gasteiger partial charge in [-0.05, 0) is 19.3 Å². The molecule has 1 aromatic heterocycles. The molecule has 0 atom stereocenters. The van der Waals surface area contributed by atoms with Gasteiger partial charge in [0.25, 0.3) is 0 Å². The monoisotopic (exact) mass is 180 g/mol. The van der Waals surface area contributed by atoms with Gasteiger partial charge in [-0.2, -0.15) is 5.10 Å². The van der Waals surface area contributed by atoms with Crippen LogP contribution in [0.15, 0.2) is 12.4 Å². The van der Waals surface area contributed by atoms with Crippen LogP contribution in [0, 0.1) is 0 Å². The number of rotatable bonds is 2. The molecule has 1 aliphatic rings. The minimum atomic E-state index is -0.642. The number of amides is 1. The van der Waals surface area contributed by atoms with Crippen LogP contribution in [0.5, 0.6) is 0 Å². The van der Waals surface area contributed by atoms with Crippen LogP contribution in [-0.4, -0.2) is 21.6 Å². The number of nitrogens with one attached hydrogen (secondary N) is 2. The first-order valence-electron chi connectivity index (χ1n) is 4.30. The number of carbonyl (C=O) groups excluding carboxylic acids is 1. The molecule has 1 aliphatic carbocycles. The molecule has 5 nitrogen and oxygen atoms in total. The summed E-state index contributed by atoms with van der Waals surface area (Å²) in [5.74, 6) is -0.111. The molecular formula is C8H12N4O. The Labute approximate surface area is 75.7 Å². The lowest BCUT2D eigenvalue weighted by molar-refractivity contribution is -0.123. The zero-order valence-electron chi connectivity index (χ0n) is 7.21. The summed E-state index contributed by atoms with van der Waals surface area (Å²) in [5.41, 5.74) is 5.85. The first-order valence-corrected chi connectivity index (χ1v) is 4.30. The molecule has 0 bridgehead atoms. The average Bonchev–Trinajstić information content (AvgIpc) is 2.52. The second-order valence-electron chi connectivity index (χ2n) is 3.45. The summed E-state index contributed by atoms with van der Waals surface area (Å²) in [5, 5.41) is 9.04. The van der Waals surface area contributed by atoms with Crippen LogP contribution in [0.3, 0.4) is 0 Å². The third-order valence-electron chi connectivity index (χ3n) is 2.45. The summed E-state index contributed by atoms with van der Waals surface area (Å²) in [7, 11) is 0. The van der Waals surface area contributed by atoms with Crippen molar-refractivity contribution in [1.82, 2.24) is 10.2 Å². The number of nitrogens with zero attached hydrogens (tertiary/aromatic N) is 1. The Morgan fingerprint density at radius 3 is 2.92 bits per heavy atom. The lowest BCUT2D eigenvalue weighted by Gasteiger charge is -2.35. The van der Waals surface area contributed by atoms with Crippen LogP contribution in [0.25, 0.3) is 0 Å². The second kappa shape index (κ2) is 2.85. The van der Waals surface area contributed by atoms with Crippen molar-refractivity contribution in [3.8, 4) is 0 Å². The van der Waals surface area contributed by atoms with Gasteiger partial charge in [0.05, 0.1) is 17.4 Å². The number of carbonyl (C=O) groups is 1. The standard InChI is InChI=1S/C8H12N4O/c9-8(2-1-3-8)7(13)12-6-4-10-11-5-6/h4-5H,1-3,9H2,(H,10,11)(H,12,13). The summed E-state index contributed by atoms with van der Waals surface area (Å²) < 4.78 is 0. The van der Waals surface area contributed by atoms with Crippen molar-refractivity contribution < 1.29 is 4.79 Å². The van der Waals surface area contributed by atoms with Crippen molar-refractivity contribution >= 4 is 11.6 Å². The van der Waals surface area contributed by atoms with Crippen LogP contribution >= 0.6 is 0 Å². The Bertz CT molecular complexity index is 302. The van der Waals surface area contributed by atoms with Crippen LogP contribution in [0.1, 0.15) is 19.3 Å². The Balaban J connectivity index is 1.99. The molecule has 1 aromatic rings. The predicted molar refractivity (Wildman–Crippen MR) is 48.0 cm³/mol. The lowest BCUT2D eigenvalue weighted by Crippen LogP contribution is -2.56. The van der Waals surface area contributed by atoms with Gasteiger partial charge in [-0.3, -0.25) is 9.89 Å². The molecule has 0 aliphatic heterocycles. The number of nitrogens with two attached hydrogens (primary N) is 1. The molecule has 0 aromatic carbocycles. The van der Waals surface area contributed by atoms with E-state index in [1.54, 1.807) is 12.4 Å². The van der Waals surface area contributed by atoms with Gasteiger partial charge in [0.2, 0.25) is 5.91 Å². The Morgan fingerprint density at radius 1 is 1.69 bits per heavy atom. The molecule has 5 heteroatoms. The highest BCUT2D eigenvalue weighted by Crippen LogP contribution is 2.30. The molecule has 0 saturated heterocycles. The SMILES string of the molecule is NC1(C(=O)Nc2cn[nH]c2)CCC1. The molecule has 0 spiro atoms. The zero-order chi connectivity index (χ0) is 9.31. The van der Waals surface area contributed by atoms with Gasteiger partial charge in [-0.15, -0.1) is 0 Å². The second-order valence-corrected chi connectivity index (χ2v) is 3.45. The topological polar surface area (TPSA) is 83.8 Å². The quantitative estimate of drug-likeness (QED) is 0.609. The Kier molecular flexibility index (Phi) is 1.81. The molecule has 13 heavy (non-hydrogen) atoms. The van der Waals surface area contributed by atoms with Crippen molar-refractivity contribution in [2.24, 2.45) is 5.73 Å². The van der Waals surface area contributed by atoms with Crippen molar-refractivity contribution in [2.45, 2.75) is 24.8 Å². The molecule has 0 radical (unpaired) electrons. The third-order valence-corrected chi connectivity index (χ3v) is 2.45. The average molecular weight is 180 g/mol. The maximum absolute atomic E-state index is 11.5. The Morgan fingerprint density at radius 2 is 2.46 bits per heavy atom. The van der Waals surface area contributed by atoms with E-state index in [2.05, 4.69) is 15.5 Å². The van der Waals surface area contributed by atoms with Crippen molar-refractivity contribution in [3.63, 3.8) is 0 Å². The largest absolute Gasteiger partial charge is 0.322 e. The summed E-state index contributed by atoms with van der Waals surface area (Å²) in [6, 6.07) is 0. The van der Waals surface area contributed by atoms with Crippen molar-refractivity contribution in [1.29, 1.82) is 0 Å². The number of aromatic nitrogens is 2. The van der Waals surface area contributed by atoms with Gasteiger partial charge in [0.15, 0.2) is 0 Å². The fourth-order valence-corrected chi connectivity index (χ4v) is 1.36. The van der Waals surface area contributed by atoms with E-state index in [1.165, 1.54) is 0 Å². The van der Waals surface area contributed by atoms with E-state index in [9.17, 15) is 4.79 Å². The highest BCUT2D eigenvalue weighted by atomic mass is 16.2. The highest BCUT2D eigenvalue weighted by molar-refractivity contribution is 5.98. The van der Waals surface area contributed by atoms with Gasteiger partial charge >= 0.3 is 0 Å². The summed E-state index contributed by atoms with van der Waals surface area (Å²) in [4.78, 5) is 11.5. The third kappa shape index (κ3) is 1.42. The molecule has 4 N–H and O–H groups in total. The van der Waals surface area contributed by atoms with E-state index in [4.69, 9.17) is 5.73 Å². The first kappa shape index (κ1) is 8.25. The molecule has 1 fully saturated rings. The molecule has 1 amide bonds. The van der Waals surface area contributed by atoms with Crippen LogP contribution in [0.4, 0.5) is 5.69 Å². The van der Waals surface area contributed by atoms with Gasteiger partial charge in [-0.1, -0.05) is 0 Å². The molecular weight excluding hydrogens is 168 g/mol. The maximum atomic E-state index is 11.5. The van der Waals surface area contributed by atoms with Gasteiger partial charge in [-0.25, -0.2) is 0 Å². The summed E-state index contributed by atoms with van der Waals surface area (Å²) >= 11 is 0. The fraction of sp³-hybridized carbons (Fsp3) is 0.500. The van der Waals surface area contributed by atoms with Crippen LogP contribution in [-0.2, 0) is 4.79 Å². The number of hydrogen-bond acceptors (Lipinski definition) is 3. The van der Waals surface area contributed by atoms with E-state index >= 15 is 0 Å². The van der Waals surface area contributed by atoms with Gasteiger partial charge in [0.1, 0.15) is 0 Å². The predicted octanol–water partition coefficient (Wildman–Crippen LogP) is 0.230.